The van der Waals surface area contributed by atoms with Crippen LogP contribution < -0.4 is 0 Å². The van der Waals surface area contributed by atoms with Crippen molar-refractivity contribution in [2.75, 3.05) is 0 Å². The van der Waals surface area contributed by atoms with Crippen LogP contribution in [0.3, 0.4) is 0 Å². The first-order valence-corrected chi connectivity index (χ1v) is 7.71. The highest BCUT2D eigenvalue weighted by Crippen LogP contribution is 2.10. The fraction of sp³-hybridized carbons (Fsp3) is 0.750. The van der Waals surface area contributed by atoms with Crippen molar-refractivity contribution in [3.63, 3.8) is 0 Å². The lowest BCUT2D eigenvalue weighted by Gasteiger charge is -2.00. The van der Waals surface area contributed by atoms with Gasteiger partial charge in [-0.3, -0.25) is 9.59 Å². The summed E-state index contributed by atoms with van der Waals surface area (Å²) < 4.78 is 0. The second-order valence-corrected chi connectivity index (χ2v) is 5.16. The van der Waals surface area contributed by atoms with Gasteiger partial charge in [0.25, 0.3) is 0 Å². The van der Waals surface area contributed by atoms with Gasteiger partial charge in [-0.2, -0.15) is 0 Å². The van der Waals surface area contributed by atoms with Gasteiger partial charge in [-0.1, -0.05) is 50.7 Å². The van der Waals surface area contributed by atoms with Gasteiger partial charge in [0.05, 0.1) is 0 Å². The molecule has 0 radical (unpaired) electrons. The number of hydrogen-bond donors (Lipinski definition) is 2. The van der Waals surface area contributed by atoms with Crippen molar-refractivity contribution in [1.82, 2.24) is 0 Å². The van der Waals surface area contributed by atoms with Gasteiger partial charge in [0, 0.05) is 12.8 Å². The number of carboxylic acids is 2. The van der Waals surface area contributed by atoms with Gasteiger partial charge < -0.3 is 10.2 Å². The van der Waals surface area contributed by atoms with E-state index in [1.807, 2.05) is 6.08 Å². The summed E-state index contributed by atoms with van der Waals surface area (Å²) in [5, 5.41) is 16.9. The van der Waals surface area contributed by atoms with Gasteiger partial charge in [-0.15, -0.1) is 0 Å². The summed E-state index contributed by atoms with van der Waals surface area (Å²) in [5.74, 6) is -1.43. The number of carbonyl (C=O) groups is 2. The molecule has 2 N–H and O–H groups in total. The van der Waals surface area contributed by atoms with Crippen LogP contribution in [0.2, 0.25) is 0 Å². The molecule has 0 aromatic carbocycles. The lowest BCUT2D eigenvalue weighted by Crippen LogP contribution is -1.93. The average Bonchev–Trinajstić information content (AvgIpc) is 2.38. The van der Waals surface area contributed by atoms with Crippen LogP contribution in [0, 0.1) is 0 Å². The Labute approximate surface area is 121 Å². The molecule has 0 atom stereocenters. The molecule has 0 saturated carbocycles. The Balaban J connectivity index is 3.09. The third kappa shape index (κ3) is 16.7. The third-order valence-corrected chi connectivity index (χ3v) is 3.20. The van der Waals surface area contributed by atoms with E-state index < -0.39 is 11.9 Å². The smallest absolute Gasteiger partial charge is 0.303 e. The molecule has 0 aliphatic carbocycles. The van der Waals surface area contributed by atoms with Crippen LogP contribution in [-0.2, 0) is 9.59 Å². The second kappa shape index (κ2) is 14.1. The highest BCUT2D eigenvalue weighted by molar-refractivity contribution is 5.66. The molecule has 0 rings (SSSR count). The van der Waals surface area contributed by atoms with Gasteiger partial charge in [-0.25, -0.2) is 0 Å². The van der Waals surface area contributed by atoms with E-state index in [1.165, 1.54) is 32.1 Å². The molecule has 0 heterocycles. The van der Waals surface area contributed by atoms with Crippen LogP contribution >= 0.6 is 0 Å². The Bertz CT molecular complexity index is 284. The second-order valence-electron chi connectivity index (χ2n) is 5.16. The summed E-state index contributed by atoms with van der Waals surface area (Å²) in [5.41, 5.74) is 0. The van der Waals surface area contributed by atoms with Crippen LogP contribution in [0.5, 0.6) is 0 Å². The van der Waals surface area contributed by atoms with Crippen LogP contribution in [-0.4, -0.2) is 22.2 Å². The van der Waals surface area contributed by atoms with Crippen molar-refractivity contribution in [3.8, 4) is 0 Å². The van der Waals surface area contributed by atoms with E-state index in [0.717, 1.165) is 25.7 Å². The van der Waals surface area contributed by atoms with E-state index in [9.17, 15) is 9.59 Å². The molecule has 0 spiro atoms. The van der Waals surface area contributed by atoms with Crippen molar-refractivity contribution in [1.29, 1.82) is 0 Å². The first kappa shape index (κ1) is 18.7. The minimum atomic E-state index is -0.738. The monoisotopic (exact) mass is 284 g/mol. The third-order valence-electron chi connectivity index (χ3n) is 3.20. The van der Waals surface area contributed by atoms with E-state index in [1.54, 1.807) is 0 Å². The molecule has 0 aliphatic rings. The van der Waals surface area contributed by atoms with Gasteiger partial charge in [0.15, 0.2) is 0 Å². The fourth-order valence-corrected chi connectivity index (χ4v) is 2.04. The van der Waals surface area contributed by atoms with Gasteiger partial charge in [0.1, 0.15) is 0 Å². The molecule has 0 saturated heterocycles. The summed E-state index contributed by atoms with van der Waals surface area (Å²) in [6.07, 6.45) is 15.3. The van der Waals surface area contributed by atoms with Crippen LogP contribution in [0.1, 0.15) is 77.0 Å². The van der Waals surface area contributed by atoms with Crippen LogP contribution in [0.4, 0.5) is 0 Å². The maximum atomic E-state index is 10.3. The molecular formula is C16H28O4. The van der Waals surface area contributed by atoms with Gasteiger partial charge >= 0.3 is 11.9 Å². The molecule has 4 heteroatoms. The predicted molar refractivity (Wildman–Crippen MR) is 79.8 cm³/mol. The van der Waals surface area contributed by atoms with Gasteiger partial charge in [0.2, 0.25) is 0 Å². The average molecular weight is 284 g/mol. The molecular weight excluding hydrogens is 256 g/mol. The zero-order valence-electron chi connectivity index (χ0n) is 12.4. The number of aliphatic carboxylic acids is 2. The van der Waals surface area contributed by atoms with Crippen molar-refractivity contribution < 1.29 is 19.8 Å². The molecule has 0 aromatic rings. The molecule has 0 aromatic heterocycles. The summed E-state index contributed by atoms with van der Waals surface area (Å²) in [6, 6.07) is 0. The van der Waals surface area contributed by atoms with Crippen molar-refractivity contribution in [2.45, 2.75) is 77.0 Å². The minimum Gasteiger partial charge on any atom is -0.481 e. The molecule has 20 heavy (non-hydrogen) atoms. The number of rotatable bonds is 14. The zero-order valence-corrected chi connectivity index (χ0v) is 12.4. The SMILES string of the molecule is O=C(O)CC/C=C\CCCCCCCCCCC(=O)O. The molecule has 116 valence electrons. The van der Waals surface area contributed by atoms with E-state index in [2.05, 4.69) is 6.08 Å². The number of carboxylic acid groups (broad SMARTS) is 2. The molecule has 0 aliphatic heterocycles. The Morgan fingerprint density at radius 3 is 1.60 bits per heavy atom. The fourth-order valence-electron chi connectivity index (χ4n) is 2.04. The maximum Gasteiger partial charge on any atom is 0.303 e. The van der Waals surface area contributed by atoms with E-state index in [4.69, 9.17) is 10.2 Å². The van der Waals surface area contributed by atoms with E-state index in [-0.39, 0.29) is 6.42 Å². The largest absolute Gasteiger partial charge is 0.481 e. The molecule has 0 bridgehead atoms. The molecule has 0 unspecified atom stereocenters. The molecule has 4 nitrogen and oxygen atoms in total. The molecule has 0 fully saturated rings. The highest BCUT2D eigenvalue weighted by Gasteiger charge is 1.96. The lowest BCUT2D eigenvalue weighted by atomic mass is 10.1. The van der Waals surface area contributed by atoms with Crippen molar-refractivity contribution in [3.05, 3.63) is 12.2 Å². The quantitative estimate of drug-likeness (QED) is 0.366. The summed E-state index contributed by atoms with van der Waals surface area (Å²) in [4.78, 5) is 20.6. The lowest BCUT2D eigenvalue weighted by molar-refractivity contribution is -0.138. The Kier molecular flexibility index (Phi) is 13.2. The van der Waals surface area contributed by atoms with E-state index in [0.29, 0.717) is 12.8 Å². The van der Waals surface area contributed by atoms with Gasteiger partial charge in [-0.05, 0) is 25.7 Å². The van der Waals surface area contributed by atoms with Crippen LogP contribution in [0.15, 0.2) is 12.2 Å². The topological polar surface area (TPSA) is 74.6 Å². The summed E-state index contributed by atoms with van der Waals surface area (Å²) in [6.45, 7) is 0. The number of unbranched alkanes of at least 4 members (excludes halogenated alkanes) is 8. The number of allylic oxidation sites excluding steroid dienone is 2. The normalized spacial score (nSPS) is 11.0. The Morgan fingerprint density at radius 2 is 1.05 bits per heavy atom. The highest BCUT2D eigenvalue weighted by atomic mass is 16.4. The maximum absolute atomic E-state index is 10.3. The standard InChI is InChI=1S/C16H28O4/c17-15(18)13-11-9-7-5-3-1-2-4-6-8-10-12-14-16(19)20/h7,9H,1-6,8,10-14H2,(H,17,18)(H,19,20)/b9-7-. The van der Waals surface area contributed by atoms with Crippen molar-refractivity contribution in [2.24, 2.45) is 0 Å². The zero-order chi connectivity index (χ0) is 15.1. The van der Waals surface area contributed by atoms with E-state index >= 15 is 0 Å². The molecule has 0 amide bonds. The van der Waals surface area contributed by atoms with Crippen LogP contribution in [0.25, 0.3) is 0 Å². The van der Waals surface area contributed by atoms with Crippen molar-refractivity contribution >= 4 is 11.9 Å². The minimum absolute atomic E-state index is 0.221. The first-order chi connectivity index (χ1) is 9.63. The Hall–Kier alpha value is -1.32. The number of hydrogen-bond acceptors (Lipinski definition) is 2. The first-order valence-electron chi connectivity index (χ1n) is 7.71. The Morgan fingerprint density at radius 1 is 0.600 bits per heavy atom. The predicted octanol–water partition coefficient (Wildman–Crippen LogP) is 4.39. The summed E-state index contributed by atoms with van der Waals surface area (Å²) >= 11 is 0. The summed E-state index contributed by atoms with van der Waals surface area (Å²) in [7, 11) is 0.